The van der Waals surface area contributed by atoms with Gasteiger partial charge < -0.3 is 21.2 Å². The fourth-order valence-electron chi connectivity index (χ4n) is 3.21. The van der Waals surface area contributed by atoms with Crippen molar-refractivity contribution in [3.8, 4) is 0 Å². The summed E-state index contributed by atoms with van der Waals surface area (Å²) in [6, 6.07) is 3.43. The first kappa shape index (κ1) is 21.0. The molecule has 0 saturated heterocycles. The molecule has 0 bridgehead atoms. The van der Waals surface area contributed by atoms with Crippen LogP contribution < -0.4 is 11.1 Å². The van der Waals surface area contributed by atoms with Crippen molar-refractivity contribution >= 4 is 63.0 Å². The van der Waals surface area contributed by atoms with Gasteiger partial charge in [0.05, 0.1) is 22.7 Å². The van der Waals surface area contributed by atoms with Crippen molar-refractivity contribution in [2.45, 2.75) is 32.6 Å². The Morgan fingerprint density at radius 1 is 1.34 bits per heavy atom. The van der Waals surface area contributed by atoms with Gasteiger partial charge in [-0.25, -0.2) is 9.97 Å². The van der Waals surface area contributed by atoms with Crippen LogP contribution in [0.2, 0.25) is 5.02 Å². The number of carbonyl (C=O) groups is 1. The second-order valence-electron chi connectivity index (χ2n) is 6.40. The van der Waals surface area contributed by atoms with Crippen LogP contribution in [-0.2, 0) is 22.4 Å². The van der Waals surface area contributed by atoms with Crippen molar-refractivity contribution in [3.63, 3.8) is 0 Å². The first-order valence-electron chi connectivity index (χ1n) is 9.26. The largest absolute Gasteiger partial charge is 0.468 e. The minimum absolute atomic E-state index is 0.431. The van der Waals surface area contributed by atoms with Crippen molar-refractivity contribution < 1.29 is 9.53 Å². The number of carbonyl (C=O) groups excluding carboxylic acids is 1. The first-order chi connectivity index (χ1) is 14.1. The summed E-state index contributed by atoms with van der Waals surface area (Å²) in [5.74, 6) is 0.766. The van der Waals surface area contributed by atoms with Crippen LogP contribution in [0.15, 0.2) is 18.5 Å². The number of anilines is 3. The molecule has 9 heteroatoms. The maximum atomic E-state index is 9.18. The second-order valence-corrected chi connectivity index (χ2v) is 7.89. The molecule has 29 heavy (non-hydrogen) atoms. The Labute approximate surface area is 177 Å². The number of fused-ring (bicyclic) bond motifs is 3. The summed E-state index contributed by atoms with van der Waals surface area (Å²) in [6.45, 7) is 2.66. The third-order valence-electron chi connectivity index (χ3n) is 4.57. The van der Waals surface area contributed by atoms with E-state index < -0.39 is 0 Å². The highest BCUT2D eigenvalue weighted by atomic mass is 35.5. The summed E-state index contributed by atoms with van der Waals surface area (Å²) >= 11 is 8.08. The lowest BCUT2D eigenvalue weighted by molar-refractivity contribution is -0.128. The quantitative estimate of drug-likeness (QED) is 0.306. The van der Waals surface area contributed by atoms with Gasteiger partial charge in [-0.15, -0.1) is 11.3 Å². The highest BCUT2D eigenvalue weighted by Gasteiger charge is 2.20. The third-order valence-corrected chi connectivity index (χ3v) is 6.08. The van der Waals surface area contributed by atoms with Crippen LogP contribution in [0.1, 0.15) is 35.8 Å². The Kier molecular flexibility index (Phi) is 7.00. The summed E-state index contributed by atoms with van der Waals surface area (Å²) in [7, 11) is 0. The third kappa shape index (κ3) is 4.65. The van der Waals surface area contributed by atoms with E-state index in [9.17, 15) is 4.79 Å². The number of thiophene rings is 1. The number of nitrogens with one attached hydrogen (secondary N) is 2. The Balaban J connectivity index is 0.000000431. The summed E-state index contributed by atoms with van der Waals surface area (Å²) in [6.07, 6.45) is 7.43. The Morgan fingerprint density at radius 2 is 2.14 bits per heavy atom. The van der Waals surface area contributed by atoms with Gasteiger partial charge in [-0.3, -0.25) is 4.79 Å². The maximum absolute atomic E-state index is 9.18. The molecule has 0 atom stereocenters. The maximum Gasteiger partial charge on any atom is 0.293 e. The predicted octanol–water partition coefficient (Wildman–Crippen LogP) is 4.73. The number of rotatable bonds is 5. The van der Waals surface area contributed by atoms with E-state index in [4.69, 9.17) is 22.7 Å². The van der Waals surface area contributed by atoms with Gasteiger partial charge in [0.2, 0.25) is 0 Å². The summed E-state index contributed by atoms with van der Waals surface area (Å²) in [4.78, 5) is 20.5. The lowest BCUT2D eigenvalue weighted by atomic mass is 9.97. The lowest BCUT2D eigenvalue weighted by Crippen LogP contribution is -2.02. The number of nitrogens with two attached hydrogens (primary N) is 1. The smallest absolute Gasteiger partial charge is 0.293 e. The molecule has 0 saturated carbocycles. The molecule has 0 radical (unpaired) electrons. The molecule has 1 aromatic carbocycles. The van der Waals surface area contributed by atoms with Crippen molar-refractivity contribution in [1.82, 2.24) is 9.97 Å². The van der Waals surface area contributed by atoms with E-state index in [0.29, 0.717) is 35.0 Å². The van der Waals surface area contributed by atoms with E-state index in [1.54, 1.807) is 36.7 Å². The molecule has 4 N–H and O–H groups in total. The second kappa shape index (κ2) is 9.67. The van der Waals surface area contributed by atoms with Crippen LogP contribution in [0.5, 0.6) is 0 Å². The average Bonchev–Trinajstić information content (AvgIpc) is 3.10. The summed E-state index contributed by atoms with van der Waals surface area (Å²) < 4.78 is 4.15. The van der Waals surface area contributed by atoms with Crippen LogP contribution in [0.4, 0.5) is 17.2 Å². The predicted molar refractivity (Wildman–Crippen MR) is 119 cm³/mol. The van der Waals surface area contributed by atoms with E-state index >= 15 is 0 Å². The summed E-state index contributed by atoms with van der Waals surface area (Å²) in [5, 5.41) is 12.4. The number of halogens is 1. The van der Waals surface area contributed by atoms with Crippen molar-refractivity contribution in [2.75, 3.05) is 17.7 Å². The van der Waals surface area contributed by atoms with Crippen molar-refractivity contribution in [2.24, 2.45) is 0 Å². The minimum Gasteiger partial charge on any atom is -0.468 e. The Morgan fingerprint density at radius 3 is 2.83 bits per heavy atom. The van der Waals surface area contributed by atoms with E-state index in [1.807, 2.05) is 0 Å². The van der Waals surface area contributed by atoms with Gasteiger partial charge >= 0.3 is 0 Å². The zero-order valence-corrected chi connectivity index (χ0v) is 17.6. The number of nitrogen functional groups attached to an aromatic ring is 1. The van der Waals surface area contributed by atoms with Gasteiger partial charge in [-0.2, -0.15) is 0 Å². The fourth-order valence-corrected chi connectivity index (χ4v) is 4.66. The number of nitrogens with zero attached hydrogens (tertiary/aromatic N) is 2. The molecule has 7 nitrogen and oxygen atoms in total. The fraction of sp³-hybridized carbons (Fsp3) is 0.300. The highest BCUT2D eigenvalue weighted by molar-refractivity contribution is 7.19. The van der Waals surface area contributed by atoms with Crippen LogP contribution in [0.25, 0.3) is 10.2 Å². The molecule has 4 rings (SSSR count). The molecular weight excluding hydrogens is 410 g/mol. The number of aromatic nitrogens is 2. The van der Waals surface area contributed by atoms with Crippen LogP contribution in [-0.4, -0.2) is 29.3 Å². The molecule has 152 valence electrons. The molecule has 1 aliphatic carbocycles. The highest BCUT2D eigenvalue weighted by Crippen LogP contribution is 2.39. The average molecular weight is 432 g/mol. The molecule has 0 aliphatic heterocycles. The minimum atomic E-state index is 0.431. The summed E-state index contributed by atoms with van der Waals surface area (Å²) in [5.41, 5.74) is 9.04. The number of hydrogen-bond donors (Lipinski definition) is 3. The molecular formula is C20H22ClN5O2S. The lowest BCUT2D eigenvalue weighted by Gasteiger charge is -2.14. The molecule has 3 aromatic rings. The zero-order chi connectivity index (χ0) is 20.8. The van der Waals surface area contributed by atoms with E-state index in [0.717, 1.165) is 28.9 Å². The van der Waals surface area contributed by atoms with E-state index in [-0.39, 0.29) is 0 Å². The van der Waals surface area contributed by atoms with Crippen molar-refractivity contribution in [3.05, 3.63) is 39.5 Å². The molecule has 0 fully saturated rings. The molecule has 0 unspecified atom stereocenters. The number of aryl methyl sites for hydroxylation is 2. The molecule has 2 aromatic heterocycles. The van der Waals surface area contributed by atoms with Crippen molar-refractivity contribution in [1.29, 1.82) is 5.41 Å². The van der Waals surface area contributed by atoms with Gasteiger partial charge in [0.25, 0.3) is 6.47 Å². The standard InChI is InChI=1S/C17H16ClN5S.C3H6O2/c18-11-6-12(20)9(7-19)5-13(11)23-16-15-10-3-1-2-4-14(10)24-17(15)22-8-21-16;1-2-5-3-4/h5-8,19H,1-4,20H2,(H,21,22,23);3H,2H2,1H3. The molecule has 0 spiro atoms. The number of ether oxygens (including phenoxy) is 1. The first-order valence-corrected chi connectivity index (χ1v) is 10.5. The van der Waals surface area contributed by atoms with E-state index in [2.05, 4.69) is 20.0 Å². The van der Waals surface area contributed by atoms with Gasteiger partial charge in [0, 0.05) is 22.3 Å². The van der Waals surface area contributed by atoms with Gasteiger partial charge in [-0.05, 0) is 50.3 Å². The normalized spacial score (nSPS) is 12.5. The monoisotopic (exact) mass is 431 g/mol. The van der Waals surface area contributed by atoms with Gasteiger partial charge in [0.1, 0.15) is 17.0 Å². The molecule has 0 amide bonds. The molecule has 1 aliphatic rings. The Bertz CT molecular complexity index is 1040. The van der Waals surface area contributed by atoms with Gasteiger partial charge in [0.15, 0.2) is 0 Å². The topological polar surface area (TPSA) is 114 Å². The van der Waals surface area contributed by atoms with Crippen LogP contribution in [0, 0.1) is 5.41 Å². The van der Waals surface area contributed by atoms with Crippen LogP contribution in [0.3, 0.4) is 0 Å². The van der Waals surface area contributed by atoms with Crippen LogP contribution >= 0.6 is 22.9 Å². The number of hydrogen-bond acceptors (Lipinski definition) is 8. The molecule has 2 heterocycles. The van der Waals surface area contributed by atoms with Gasteiger partial charge in [-0.1, -0.05) is 11.6 Å². The Hall–Kier alpha value is -2.71. The van der Waals surface area contributed by atoms with E-state index in [1.165, 1.54) is 29.5 Å². The SMILES string of the molecule is CCOC=O.N=Cc1cc(Nc2ncnc3sc4c(c23)CCCC4)c(Cl)cc1N. The number of benzene rings is 1. The zero-order valence-electron chi connectivity index (χ0n) is 16.0.